The minimum absolute atomic E-state index is 0.536. The summed E-state index contributed by atoms with van der Waals surface area (Å²) in [4.78, 5) is 0. The van der Waals surface area contributed by atoms with Gasteiger partial charge < -0.3 is 4.57 Å². The van der Waals surface area contributed by atoms with E-state index >= 15 is 0 Å². The highest BCUT2D eigenvalue weighted by atomic mass is 79.9. The van der Waals surface area contributed by atoms with Crippen molar-refractivity contribution in [2.24, 2.45) is 0 Å². The van der Waals surface area contributed by atoms with Crippen molar-refractivity contribution in [1.29, 1.82) is 0 Å². The average molecular weight is 815 g/mol. The van der Waals surface area contributed by atoms with Crippen LogP contribution in [-0.4, -0.2) is 4.57 Å². The standard InChI is InChI=1S/C57H36BrN/c58-52-26-14-13-25-47(52)46-24-12-11-21-43(46)39-27-31-49-54(35-39)59(53-34-29-38-16-8-10-23-45(38)56(49)53)42-30-32-48-51(36-42)57(40-17-3-1-4-18-40,41-19-5-2-6-20-41)50-33-28-37-15-7-9-22-44(37)55(48)50/h1-36H. The number of halogens is 1. The summed E-state index contributed by atoms with van der Waals surface area (Å²) in [5, 5.41) is 7.55. The highest BCUT2D eigenvalue weighted by Gasteiger charge is 2.47. The predicted octanol–water partition coefficient (Wildman–Crippen LogP) is 15.5. The Morgan fingerprint density at radius 2 is 0.983 bits per heavy atom. The molecule has 0 unspecified atom stereocenters. The fourth-order valence-electron chi connectivity index (χ4n) is 10.3. The van der Waals surface area contributed by atoms with Crippen molar-refractivity contribution in [2.45, 2.75) is 5.41 Å². The molecule has 0 saturated heterocycles. The first-order chi connectivity index (χ1) is 29.2. The minimum Gasteiger partial charge on any atom is -0.309 e. The maximum atomic E-state index is 3.86. The van der Waals surface area contributed by atoms with Gasteiger partial charge in [0.05, 0.1) is 16.4 Å². The van der Waals surface area contributed by atoms with Gasteiger partial charge in [-0.1, -0.05) is 204 Å². The molecule has 12 rings (SSSR count). The van der Waals surface area contributed by atoms with Crippen LogP contribution < -0.4 is 0 Å². The molecule has 0 bridgehead atoms. The van der Waals surface area contributed by atoms with Crippen molar-refractivity contribution in [2.75, 3.05) is 0 Å². The van der Waals surface area contributed by atoms with E-state index in [0.717, 1.165) is 10.2 Å². The van der Waals surface area contributed by atoms with E-state index in [2.05, 4.69) is 239 Å². The molecular formula is C57H36BrN. The Kier molecular flexibility index (Phi) is 7.67. The van der Waals surface area contributed by atoms with Gasteiger partial charge in [-0.25, -0.2) is 0 Å². The third-order valence-corrected chi connectivity index (χ3v) is 13.4. The van der Waals surface area contributed by atoms with Crippen LogP contribution in [0.1, 0.15) is 22.3 Å². The zero-order valence-corrected chi connectivity index (χ0v) is 33.7. The average Bonchev–Trinajstić information content (AvgIpc) is 3.80. The number of benzene rings is 10. The molecule has 0 radical (unpaired) electrons. The van der Waals surface area contributed by atoms with E-state index in [0.29, 0.717) is 0 Å². The van der Waals surface area contributed by atoms with Crippen LogP contribution in [0.2, 0.25) is 0 Å². The van der Waals surface area contributed by atoms with Gasteiger partial charge in [0.15, 0.2) is 0 Å². The quantitative estimate of drug-likeness (QED) is 0.163. The van der Waals surface area contributed by atoms with Crippen molar-refractivity contribution >= 4 is 59.3 Å². The zero-order valence-electron chi connectivity index (χ0n) is 32.1. The number of nitrogens with zero attached hydrogens (tertiary/aromatic N) is 1. The van der Waals surface area contributed by atoms with E-state index in [1.165, 1.54) is 99.0 Å². The van der Waals surface area contributed by atoms with Crippen LogP contribution in [0.5, 0.6) is 0 Å². The Hall–Kier alpha value is -7.00. The molecule has 0 spiro atoms. The SMILES string of the molecule is Brc1ccccc1-c1ccccc1-c1ccc2c3c4ccccc4ccc3n(-c3ccc4c(c3)C(c3ccccc3)(c3ccccc3)c3ccc5ccccc5c3-4)c2c1. The third-order valence-electron chi connectivity index (χ3n) is 12.7. The molecule has 1 heterocycles. The maximum absolute atomic E-state index is 3.86. The van der Waals surface area contributed by atoms with Crippen molar-refractivity contribution in [3.05, 3.63) is 245 Å². The van der Waals surface area contributed by atoms with Crippen molar-refractivity contribution in [3.63, 3.8) is 0 Å². The van der Waals surface area contributed by atoms with Crippen LogP contribution in [0, 0.1) is 0 Å². The molecule has 1 aliphatic rings. The molecule has 1 nitrogen and oxygen atoms in total. The summed E-state index contributed by atoms with van der Waals surface area (Å²) in [5.74, 6) is 0. The summed E-state index contributed by atoms with van der Waals surface area (Å²) in [6, 6.07) is 80.8. The topological polar surface area (TPSA) is 4.93 Å². The summed E-state index contributed by atoms with van der Waals surface area (Å²) < 4.78 is 3.60. The van der Waals surface area contributed by atoms with Gasteiger partial charge in [-0.2, -0.15) is 0 Å². The second-order valence-electron chi connectivity index (χ2n) is 15.7. The van der Waals surface area contributed by atoms with Gasteiger partial charge in [-0.15, -0.1) is 0 Å². The fourth-order valence-corrected chi connectivity index (χ4v) is 10.8. The van der Waals surface area contributed by atoms with Crippen molar-refractivity contribution in [3.8, 4) is 39.1 Å². The lowest BCUT2D eigenvalue weighted by atomic mass is 9.67. The summed E-state index contributed by atoms with van der Waals surface area (Å²) in [7, 11) is 0. The monoisotopic (exact) mass is 813 g/mol. The smallest absolute Gasteiger partial charge is 0.0714 e. The molecule has 2 heteroatoms. The van der Waals surface area contributed by atoms with Gasteiger partial charge in [-0.3, -0.25) is 0 Å². The lowest BCUT2D eigenvalue weighted by molar-refractivity contribution is 0.768. The molecule has 1 aliphatic carbocycles. The summed E-state index contributed by atoms with van der Waals surface area (Å²) >= 11 is 3.86. The van der Waals surface area contributed by atoms with Gasteiger partial charge in [0, 0.05) is 20.9 Å². The van der Waals surface area contributed by atoms with Crippen molar-refractivity contribution in [1.82, 2.24) is 4.57 Å². The van der Waals surface area contributed by atoms with Gasteiger partial charge in [0.25, 0.3) is 0 Å². The van der Waals surface area contributed by atoms with Crippen LogP contribution in [0.4, 0.5) is 0 Å². The molecule has 11 aromatic rings. The molecule has 276 valence electrons. The van der Waals surface area contributed by atoms with Gasteiger partial charge >= 0.3 is 0 Å². The molecule has 10 aromatic carbocycles. The Labute approximate surface area is 351 Å². The minimum atomic E-state index is -0.536. The molecule has 59 heavy (non-hydrogen) atoms. The molecular weight excluding hydrogens is 779 g/mol. The fraction of sp³-hybridized carbons (Fsp3) is 0.0175. The maximum Gasteiger partial charge on any atom is 0.0714 e. The summed E-state index contributed by atoms with van der Waals surface area (Å²) in [6.45, 7) is 0. The number of hydrogen-bond acceptors (Lipinski definition) is 0. The largest absolute Gasteiger partial charge is 0.309 e. The van der Waals surface area contributed by atoms with E-state index in [-0.39, 0.29) is 0 Å². The van der Waals surface area contributed by atoms with Gasteiger partial charge in [0.1, 0.15) is 0 Å². The van der Waals surface area contributed by atoms with E-state index in [1.54, 1.807) is 0 Å². The van der Waals surface area contributed by atoms with E-state index in [9.17, 15) is 0 Å². The Morgan fingerprint density at radius 1 is 0.373 bits per heavy atom. The second-order valence-corrected chi connectivity index (χ2v) is 16.5. The Morgan fingerprint density at radius 3 is 1.73 bits per heavy atom. The lowest BCUT2D eigenvalue weighted by Gasteiger charge is -2.34. The second kappa shape index (κ2) is 13.3. The molecule has 0 aliphatic heterocycles. The molecule has 0 fully saturated rings. The molecule has 0 atom stereocenters. The number of aromatic nitrogens is 1. The third kappa shape index (κ3) is 4.97. The van der Waals surface area contributed by atoms with Crippen LogP contribution in [-0.2, 0) is 5.41 Å². The van der Waals surface area contributed by atoms with Gasteiger partial charge in [-0.05, 0) is 108 Å². The Bertz CT molecular complexity index is 3410. The Balaban J connectivity index is 1.19. The zero-order chi connectivity index (χ0) is 39.1. The number of fused-ring (bicyclic) bond motifs is 10. The summed E-state index contributed by atoms with van der Waals surface area (Å²) in [5.41, 5.74) is 15.5. The normalized spacial score (nSPS) is 13.0. The van der Waals surface area contributed by atoms with Crippen LogP contribution in [0.15, 0.2) is 223 Å². The van der Waals surface area contributed by atoms with Gasteiger partial charge in [0.2, 0.25) is 0 Å². The lowest BCUT2D eigenvalue weighted by Crippen LogP contribution is -2.28. The summed E-state index contributed by atoms with van der Waals surface area (Å²) in [6.07, 6.45) is 0. The number of hydrogen-bond donors (Lipinski definition) is 0. The van der Waals surface area contributed by atoms with Crippen LogP contribution in [0.3, 0.4) is 0 Å². The molecule has 0 amide bonds. The van der Waals surface area contributed by atoms with Crippen molar-refractivity contribution < 1.29 is 0 Å². The first-order valence-electron chi connectivity index (χ1n) is 20.3. The van der Waals surface area contributed by atoms with E-state index in [4.69, 9.17) is 0 Å². The first-order valence-corrected chi connectivity index (χ1v) is 21.1. The predicted molar refractivity (Wildman–Crippen MR) is 252 cm³/mol. The number of rotatable bonds is 5. The van der Waals surface area contributed by atoms with E-state index < -0.39 is 5.41 Å². The molecule has 0 N–H and O–H groups in total. The van der Waals surface area contributed by atoms with Crippen LogP contribution >= 0.6 is 15.9 Å². The van der Waals surface area contributed by atoms with Crippen LogP contribution in [0.25, 0.3) is 82.4 Å². The first kappa shape index (κ1) is 34.1. The highest BCUT2D eigenvalue weighted by Crippen LogP contribution is 2.58. The molecule has 1 aromatic heterocycles. The highest BCUT2D eigenvalue weighted by molar-refractivity contribution is 9.10. The molecule has 0 saturated carbocycles. The van der Waals surface area contributed by atoms with E-state index in [1.807, 2.05) is 0 Å².